The Kier molecular flexibility index (Phi) is 2.94. The fourth-order valence-electron chi connectivity index (χ4n) is 3.89. The van der Waals surface area contributed by atoms with Crippen molar-refractivity contribution in [1.29, 1.82) is 0 Å². The fraction of sp³-hybridized carbons (Fsp3) is 0.588. The zero-order chi connectivity index (χ0) is 14.5. The quantitative estimate of drug-likeness (QED) is 0.851. The third-order valence-electron chi connectivity index (χ3n) is 5.55. The Labute approximate surface area is 121 Å². The van der Waals surface area contributed by atoms with Crippen molar-refractivity contribution < 1.29 is 4.79 Å². The predicted octanol–water partition coefficient (Wildman–Crippen LogP) is 2.38. The van der Waals surface area contributed by atoms with Gasteiger partial charge in [0.1, 0.15) is 0 Å². The zero-order valence-electron chi connectivity index (χ0n) is 12.9. The van der Waals surface area contributed by atoms with Crippen molar-refractivity contribution in [3.8, 4) is 0 Å². The molecule has 2 saturated heterocycles. The van der Waals surface area contributed by atoms with Crippen molar-refractivity contribution in [2.45, 2.75) is 27.7 Å². The second kappa shape index (κ2) is 4.32. The number of rotatable bonds is 1. The standard InChI is InChI=1S/C17H24N2O/c1-12-6-5-7-13(2)14(12)15(20)19-10-16(3)8-18-9-17(16,4)11-19/h5-7,18H,8-11H2,1-4H3/t16-,17+. The van der Waals surface area contributed by atoms with Crippen LogP contribution in [0.2, 0.25) is 0 Å². The van der Waals surface area contributed by atoms with Gasteiger partial charge in [-0.3, -0.25) is 4.79 Å². The van der Waals surface area contributed by atoms with Gasteiger partial charge in [-0.15, -0.1) is 0 Å². The van der Waals surface area contributed by atoms with Crippen molar-refractivity contribution in [2.75, 3.05) is 26.2 Å². The number of hydrogen-bond donors (Lipinski definition) is 1. The lowest BCUT2D eigenvalue weighted by atomic mass is 9.71. The molecular weight excluding hydrogens is 248 g/mol. The average molecular weight is 272 g/mol. The van der Waals surface area contributed by atoms with Gasteiger partial charge in [0, 0.05) is 42.6 Å². The van der Waals surface area contributed by atoms with Gasteiger partial charge >= 0.3 is 0 Å². The van der Waals surface area contributed by atoms with Crippen molar-refractivity contribution in [3.05, 3.63) is 34.9 Å². The Hall–Kier alpha value is -1.35. The van der Waals surface area contributed by atoms with E-state index in [2.05, 4.69) is 24.1 Å². The van der Waals surface area contributed by atoms with Crippen molar-refractivity contribution >= 4 is 5.91 Å². The van der Waals surface area contributed by atoms with Gasteiger partial charge in [-0.05, 0) is 25.0 Å². The number of amides is 1. The molecule has 108 valence electrons. The first-order chi connectivity index (χ1) is 9.36. The summed E-state index contributed by atoms with van der Waals surface area (Å²) in [5.74, 6) is 0.206. The van der Waals surface area contributed by atoms with E-state index in [0.29, 0.717) is 0 Å². The highest BCUT2D eigenvalue weighted by atomic mass is 16.2. The Morgan fingerprint density at radius 2 is 1.60 bits per heavy atom. The number of nitrogens with one attached hydrogen (secondary N) is 1. The molecular formula is C17H24N2O. The molecule has 0 saturated carbocycles. The molecule has 0 aliphatic carbocycles. The van der Waals surface area contributed by atoms with Crippen molar-refractivity contribution in [3.63, 3.8) is 0 Å². The van der Waals surface area contributed by atoms with Crippen LogP contribution < -0.4 is 5.32 Å². The summed E-state index contributed by atoms with van der Waals surface area (Å²) >= 11 is 0. The van der Waals surface area contributed by atoms with Crippen LogP contribution in [0.4, 0.5) is 0 Å². The monoisotopic (exact) mass is 272 g/mol. The molecule has 2 aliphatic heterocycles. The van der Waals surface area contributed by atoms with Gasteiger partial charge in [-0.25, -0.2) is 0 Å². The number of likely N-dealkylation sites (tertiary alicyclic amines) is 1. The molecule has 0 unspecified atom stereocenters. The second-order valence-electron chi connectivity index (χ2n) is 7.15. The highest BCUT2D eigenvalue weighted by molar-refractivity contribution is 5.97. The van der Waals surface area contributed by atoms with Crippen LogP contribution in [0.5, 0.6) is 0 Å². The summed E-state index contributed by atoms with van der Waals surface area (Å²) in [6.07, 6.45) is 0. The van der Waals surface area contributed by atoms with E-state index in [-0.39, 0.29) is 16.7 Å². The second-order valence-corrected chi connectivity index (χ2v) is 7.15. The largest absolute Gasteiger partial charge is 0.337 e. The first-order valence-corrected chi connectivity index (χ1v) is 7.43. The van der Waals surface area contributed by atoms with Crippen LogP contribution in [-0.2, 0) is 0 Å². The predicted molar refractivity (Wildman–Crippen MR) is 80.9 cm³/mol. The molecule has 0 aromatic heterocycles. The SMILES string of the molecule is Cc1cccc(C)c1C(=O)N1C[C@]2(C)CNC[C@]2(C)C1. The van der Waals surface area contributed by atoms with E-state index in [9.17, 15) is 4.79 Å². The smallest absolute Gasteiger partial charge is 0.254 e. The maximum Gasteiger partial charge on any atom is 0.254 e. The summed E-state index contributed by atoms with van der Waals surface area (Å²) in [4.78, 5) is 15.0. The average Bonchev–Trinajstić information content (AvgIpc) is 2.77. The summed E-state index contributed by atoms with van der Waals surface area (Å²) in [6, 6.07) is 6.08. The van der Waals surface area contributed by atoms with Crippen LogP contribution in [0.3, 0.4) is 0 Å². The number of aryl methyl sites for hydroxylation is 2. The van der Waals surface area contributed by atoms with E-state index in [0.717, 1.165) is 42.9 Å². The minimum Gasteiger partial charge on any atom is -0.337 e. The van der Waals surface area contributed by atoms with E-state index in [1.165, 1.54) is 0 Å². The Morgan fingerprint density at radius 3 is 2.10 bits per heavy atom. The number of carbonyl (C=O) groups excluding carboxylic acids is 1. The number of carbonyl (C=O) groups is 1. The molecule has 2 atom stereocenters. The molecule has 2 heterocycles. The lowest BCUT2D eigenvalue weighted by molar-refractivity contribution is 0.0768. The normalized spacial score (nSPS) is 32.5. The van der Waals surface area contributed by atoms with Gasteiger partial charge < -0.3 is 10.2 Å². The summed E-state index contributed by atoms with van der Waals surface area (Å²) in [5, 5.41) is 3.49. The van der Waals surface area contributed by atoms with Gasteiger partial charge in [-0.2, -0.15) is 0 Å². The molecule has 3 heteroatoms. The minimum absolute atomic E-state index is 0.206. The van der Waals surface area contributed by atoms with Crippen LogP contribution in [0, 0.1) is 24.7 Å². The Morgan fingerprint density at radius 1 is 1.10 bits per heavy atom. The first kappa shape index (κ1) is 13.6. The molecule has 20 heavy (non-hydrogen) atoms. The van der Waals surface area contributed by atoms with E-state index < -0.39 is 0 Å². The van der Waals surface area contributed by atoms with Crippen LogP contribution >= 0.6 is 0 Å². The molecule has 1 aromatic carbocycles. The molecule has 0 spiro atoms. The van der Waals surface area contributed by atoms with Crippen LogP contribution in [0.15, 0.2) is 18.2 Å². The molecule has 1 N–H and O–H groups in total. The highest BCUT2D eigenvalue weighted by Crippen LogP contribution is 2.48. The fourth-order valence-corrected chi connectivity index (χ4v) is 3.89. The van der Waals surface area contributed by atoms with Gasteiger partial charge in [0.15, 0.2) is 0 Å². The van der Waals surface area contributed by atoms with E-state index in [1.54, 1.807) is 0 Å². The topological polar surface area (TPSA) is 32.3 Å². The maximum atomic E-state index is 12.9. The number of nitrogens with zero attached hydrogens (tertiary/aromatic N) is 1. The van der Waals surface area contributed by atoms with Crippen molar-refractivity contribution in [1.82, 2.24) is 10.2 Å². The maximum absolute atomic E-state index is 12.9. The van der Waals surface area contributed by atoms with Crippen LogP contribution in [0.1, 0.15) is 35.3 Å². The number of hydrogen-bond acceptors (Lipinski definition) is 2. The molecule has 3 nitrogen and oxygen atoms in total. The molecule has 1 aromatic rings. The lowest BCUT2D eigenvalue weighted by Gasteiger charge is -2.30. The molecule has 2 fully saturated rings. The summed E-state index contributed by atoms with van der Waals surface area (Å²) in [5.41, 5.74) is 3.48. The van der Waals surface area contributed by atoms with Crippen LogP contribution in [-0.4, -0.2) is 37.0 Å². The van der Waals surface area contributed by atoms with E-state index >= 15 is 0 Å². The molecule has 2 aliphatic rings. The van der Waals surface area contributed by atoms with Gasteiger partial charge in [0.05, 0.1) is 0 Å². The third-order valence-corrected chi connectivity index (χ3v) is 5.55. The summed E-state index contributed by atoms with van der Waals surface area (Å²) in [6.45, 7) is 12.4. The lowest BCUT2D eigenvalue weighted by Crippen LogP contribution is -2.34. The number of benzene rings is 1. The minimum atomic E-state index is 0.206. The first-order valence-electron chi connectivity index (χ1n) is 7.43. The van der Waals surface area contributed by atoms with Gasteiger partial charge in [0.2, 0.25) is 0 Å². The van der Waals surface area contributed by atoms with Crippen molar-refractivity contribution in [2.24, 2.45) is 10.8 Å². The summed E-state index contributed by atoms with van der Waals surface area (Å²) < 4.78 is 0. The molecule has 3 rings (SSSR count). The van der Waals surface area contributed by atoms with Gasteiger partial charge in [-0.1, -0.05) is 32.0 Å². The highest BCUT2D eigenvalue weighted by Gasteiger charge is 2.55. The third kappa shape index (κ3) is 1.80. The molecule has 0 radical (unpaired) electrons. The van der Waals surface area contributed by atoms with E-state index in [4.69, 9.17) is 0 Å². The van der Waals surface area contributed by atoms with Crippen LogP contribution in [0.25, 0.3) is 0 Å². The number of fused-ring (bicyclic) bond motifs is 1. The van der Waals surface area contributed by atoms with E-state index in [1.807, 2.05) is 32.0 Å². The Balaban J connectivity index is 1.91. The Bertz CT molecular complexity index is 530. The molecule has 1 amide bonds. The summed E-state index contributed by atoms with van der Waals surface area (Å²) in [7, 11) is 0. The molecule has 0 bridgehead atoms. The van der Waals surface area contributed by atoms with Gasteiger partial charge in [0.25, 0.3) is 5.91 Å². The zero-order valence-corrected chi connectivity index (χ0v) is 12.9.